The number of nitrogens with one attached hydrogen (secondary N) is 2. The van der Waals surface area contributed by atoms with E-state index in [0.29, 0.717) is 12.5 Å². The lowest BCUT2D eigenvalue weighted by Crippen LogP contribution is -2.73. The van der Waals surface area contributed by atoms with Crippen molar-refractivity contribution >= 4 is 17.7 Å². The molecular weight excluding hydrogens is 340 g/mol. The first-order valence-electron chi connectivity index (χ1n) is 8.92. The zero-order chi connectivity index (χ0) is 18.0. The molecule has 2 aliphatic rings. The fourth-order valence-corrected chi connectivity index (χ4v) is 3.75. The summed E-state index contributed by atoms with van der Waals surface area (Å²) in [4.78, 5) is 12.2. The Morgan fingerprint density at radius 3 is 2.68 bits per heavy atom. The van der Waals surface area contributed by atoms with Gasteiger partial charge in [-0.3, -0.25) is 0 Å². The summed E-state index contributed by atoms with van der Waals surface area (Å²) in [6.45, 7) is 7.11. The van der Waals surface area contributed by atoms with Crippen molar-refractivity contribution in [3.8, 4) is 0 Å². The van der Waals surface area contributed by atoms with E-state index in [2.05, 4.69) is 10.6 Å². The van der Waals surface area contributed by atoms with Gasteiger partial charge < -0.3 is 20.1 Å². The highest BCUT2D eigenvalue weighted by Gasteiger charge is 2.53. The second-order valence-corrected chi connectivity index (χ2v) is 8.28. The molecule has 1 saturated carbocycles. The predicted molar refractivity (Wildman–Crippen MR) is 97.7 cm³/mol. The van der Waals surface area contributed by atoms with Crippen LogP contribution < -0.4 is 10.6 Å². The summed E-state index contributed by atoms with van der Waals surface area (Å²) in [7, 11) is 0. The summed E-state index contributed by atoms with van der Waals surface area (Å²) in [6.07, 6.45) is 1.91. The smallest absolute Gasteiger partial charge is 0.407 e. The van der Waals surface area contributed by atoms with Gasteiger partial charge in [0.15, 0.2) is 0 Å². The minimum Gasteiger partial charge on any atom is -0.444 e. The van der Waals surface area contributed by atoms with Crippen LogP contribution in [0, 0.1) is 5.92 Å². The zero-order valence-electron chi connectivity index (χ0n) is 15.0. The van der Waals surface area contributed by atoms with Gasteiger partial charge in [-0.2, -0.15) is 0 Å². The Kier molecular flexibility index (Phi) is 5.56. The Morgan fingerprint density at radius 2 is 2.00 bits per heavy atom. The molecule has 2 fully saturated rings. The molecule has 0 bridgehead atoms. The van der Waals surface area contributed by atoms with Crippen LogP contribution in [0.25, 0.3) is 0 Å². The molecule has 1 heterocycles. The first kappa shape index (κ1) is 18.5. The van der Waals surface area contributed by atoms with E-state index >= 15 is 0 Å². The van der Waals surface area contributed by atoms with Gasteiger partial charge in [0.2, 0.25) is 0 Å². The highest BCUT2D eigenvalue weighted by molar-refractivity contribution is 6.30. The third kappa shape index (κ3) is 4.66. The monoisotopic (exact) mass is 366 g/mol. The molecule has 1 aromatic rings. The Balaban J connectivity index is 1.60. The van der Waals surface area contributed by atoms with Gasteiger partial charge in [0, 0.05) is 24.1 Å². The minimum absolute atomic E-state index is 0.0347. The van der Waals surface area contributed by atoms with Crippen molar-refractivity contribution < 1.29 is 14.3 Å². The summed E-state index contributed by atoms with van der Waals surface area (Å²) in [5.41, 5.74) is 0.655. The predicted octanol–water partition coefficient (Wildman–Crippen LogP) is 3.50. The van der Waals surface area contributed by atoms with Crippen LogP contribution in [0.1, 0.15) is 39.2 Å². The highest BCUT2D eigenvalue weighted by atomic mass is 35.5. The molecule has 6 heteroatoms. The molecule has 1 amide bonds. The first-order valence-corrected chi connectivity index (χ1v) is 9.30. The van der Waals surface area contributed by atoms with E-state index in [4.69, 9.17) is 21.1 Å². The van der Waals surface area contributed by atoms with Crippen LogP contribution >= 0.6 is 11.6 Å². The normalized spacial score (nSPS) is 28.6. The van der Waals surface area contributed by atoms with E-state index in [1.807, 2.05) is 45.0 Å². The van der Waals surface area contributed by atoms with Crippen molar-refractivity contribution in [3.63, 3.8) is 0 Å². The number of halogens is 1. The average molecular weight is 367 g/mol. The maximum absolute atomic E-state index is 12.2. The lowest BCUT2D eigenvalue weighted by molar-refractivity contribution is -0.128. The first-order chi connectivity index (χ1) is 11.8. The van der Waals surface area contributed by atoms with Crippen LogP contribution in [-0.2, 0) is 16.0 Å². The van der Waals surface area contributed by atoms with Crippen LogP contribution in [-0.4, -0.2) is 36.5 Å². The SMILES string of the molecule is CC(C)(C)OC(=O)NC1C2CCCOC2C1NCc1ccc(Cl)cc1. The third-order valence-corrected chi connectivity index (χ3v) is 5.01. The van der Waals surface area contributed by atoms with Gasteiger partial charge in [0.25, 0.3) is 0 Å². The zero-order valence-corrected chi connectivity index (χ0v) is 15.8. The van der Waals surface area contributed by atoms with Gasteiger partial charge in [-0.1, -0.05) is 23.7 Å². The molecule has 4 unspecified atom stereocenters. The van der Waals surface area contributed by atoms with Gasteiger partial charge in [-0.25, -0.2) is 4.79 Å². The number of benzene rings is 1. The van der Waals surface area contributed by atoms with Gasteiger partial charge in [-0.05, 0) is 51.3 Å². The van der Waals surface area contributed by atoms with Crippen LogP contribution in [0.5, 0.6) is 0 Å². The van der Waals surface area contributed by atoms with E-state index < -0.39 is 5.60 Å². The van der Waals surface area contributed by atoms with E-state index in [0.717, 1.165) is 30.0 Å². The molecule has 1 aromatic carbocycles. The fourth-order valence-electron chi connectivity index (χ4n) is 3.63. The molecule has 0 radical (unpaired) electrons. The van der Waals surface area contributed by atoms with E-state index in [-0.39, 0.29) is 24.3 Å². The standard InChI is InChI=1S/C19H27ClN2O3/c1-19(2,3)25-18(23)22-15-14-5-4-10-24-17(14)16(15)21-11-12-6-8-13(20)9-7-12/h6-9,14-17,21H,4-5,10-11H2,1-3H3,(H,22,23). The maximum atomic E-state index is 12.2. The largest absolute Gasteiger partial charge is 0.444 e. The van der Waals surface area contributed by atoms with E-state index in [9.17, 15) is 4.79 Å². The Hall–Kier alpha value is -1.30. The average Bonchev–Trinajstić information content (AvgIpc) is 2.53. The number of carbonyl (C=O) groups excluding carboxylic acids is 1. The summed E-state index contributed by atoms with van der Waals surface area (Å²) in [5.74, 6) is 0.351. The highest BCUT2D eigenvalue weighted by Crippen LogP contribution is 2.38. The number of rotatable bonds is 4. The topological polar surface area (TPSA) is 59.6 Å². The van der Waals surface area contributed by atoms with Crippen LogP contribution in [0.2, 0.25) is 5.02 Å². The number of fused-ring (bicyclic) bond motifs is 1. The molecule has 5 nitrogen and oxygen atoms in total. The van der Waals surface area contributed by atoms with Crippen molar-refractivity contribution in [1.82, 2.24) is 10.6 Å². The van der Waals surface area contributed by atoms with Crippen LogP contribution in [0.3, 0.4) is 0 Å². The van der Waals surface area contributed by atoms with Crippen molar-refractivity contribution in [3.05, 3.63) is 34.9 Å². The molecule has 4 atom stereocenters. The Labute approximate surface area is 154 Å². The molecule has 1 aliphatic carbocycles. The maximum Gasteiger partial charge on any atom is 0.407 e. The number of amides is 1. The van der Waals surface area contributed by atoms with Crippen LogP contribution in [0.15, 0.2) is 24.3 Å². The molecule has 1 saturated heterocycles. The molecule has 1 aliphatic heterocycles. The molecule has 138 valence electrons. The number of ether oxygens (including phenoxy) is 2. The Morgan fingerprint density at radius 1 is 1.28 bits per heavy atom. The van der Waals surface area contributed by atoms with Gasteiger partial charge in [0.1, 0.15) is 5.60 Å². The summed E-state index contributed by atoms with van der Waals surface area (Å²) >= 11 is 5.94. The molecule has 0 aromatic heterocycles. The van der Waals surface area contributed by atoms with Crippen molar-refractivity contribution in [2.24, 2.45) is 5.92 Å². The summed E-state index contributed by atoms with van der Waals surface area (Å²) in [5, 5.41) is 7.31. The minimum atomic E-state index is -0.497. The van der Waals surface area contributed by atoms with Gasteiger partial charge >= 0.3 is 6.09 Å². The van der Waals surface area contributed by atoms with E-state index in [1.165, 1.54) is 0 Å². The summed E-state index contributed by atoms with van der Waals surface area (Å²) in [6, 6.07) is 7.90. The van der Waals surface area contributed by atoms with Crippen molar-refractivity contribution in [2.75, 3.05) is 6.61 Å². The number of hydrogen-bond acceptors (Lipinski definition) is 4. The quantitative estimate of drug-likeness (QED) is 0.856. The van der Waals surface area contributed by atoms with Crippen molar-refractivity contribution in [2.45, 2.75) is 63.9 Å². The van der Waals surface area contributed by atoms with Gasteiger partial charge in [0.05, 0.1) is 18.2 Å². The van der Waals surface area contributed by atoms with Crippen molar-refractivity contribution in [1.29, 1.82) is 0 Å². The molecule has 2 N–H and O–H groups in total. The number of hydrogen-bond donors (Lipinski definition) is 2. The molecule has 0 spiro atoms. The second-order valence-electron chi connectivity index (χ2n) is 7.85. The lowest BCUT2D eigenvalue weighted by Gasteiger charge is -2.54. The lowest BCUT2D eigenvalue weighted by atomic mass is 9.68. The third-order valence-electron chi connectivity index (χ3n) is 4.75. The number of alkyl carbamates (subject to hydrolysis) is 1. The molecule has 25 heavy (non-hydrogen) atoms. The molecular formula is C19H27ClN2O3. The fraction of sp³-hybridized carbons (Fsp3) is 0.632. The van der Waals surface area contributed by atoms with Crippen LogP contribution in [0.4, 0.5) is 4.79 Å². The summed E-state index contributed by atoms with van der Waals surface area (Å²) < 4.78 is 11.3. The number of carbonyl (C=O) groups is 1. The molecule has 3 rings (SSSR count). The van der Waals surface area contributed by atoms with E-state index in [1.54, 1.807) is 0 Å². The second kappa shape index (κ2) is 7.52. The Bertz CT molecular complexity index is 600. The van der Waals surface area contributed by atoms with Gasteiger partial charge in [-0.15, -0.1) is 0 Å².